The van der Waals surface area contributed by atoms with Crippen molar-refractivity contribution in [2.24, 2.45) is 5.92 Å². The average molecular weight is 278 g/mol. The summed E-state index contributed by atoms with van der Waals surface area (Å²) in [5, 5.41) is 14.1. The number of carboxylic acid groups (broad SMARTS) is 1. The Balaban J connectivity index is 2.54. The topological polar surface area (TPSA) is 78.4 Å². The van der Waals surface area contributed by atoms with Crippen molar-refractivity contribution in [2.45, 2.75) is 40.3 Å². The minimum atomic E-state index is -1.03. The highest BCUT2D eigenvalue weighted by molar-refractivity contribution is 5.82. The Hall–Kier alpha value is -2.04. The Labute approximate surface area is 119 Å². The van der Waals surface area contributed by atoms with Crippen LogP contribution < -0.4 is 10.6 Å². The molecule has 0 spiro atoms. The molecule has 0 aliphatic heterocycles. The molecule has 0 radical (unpaired) electrons. The van der Waals surface area contributed by atoms with Crippen LogP contribution in [0.25, 0.3) is 0 Å². The molecule has 2 amide bonds. The minimum Gasteiger partial charge on any atom is -0.480 e. The quantitative estimate of drug-likeness (QED) is 0.772. The largest absolute Gasteiger partial charge is 0.480 e. The van der Waals surface area contributed by atoms with Gasteiger partial charge < -0.3 is 15.7 Å². The van der Waals surface area contributed by atoms with Gasteiger partial charge in [-0.1, -0.05) is 32.0 Å². The molecule has 0 saturated carbocycles. The van der Waals surface area contributed by atoms with E-state index in [2.05, 4.69) is 10.6 Å². The number of urea groups is 1. The zero-order valence-electron chi connectivity index (χ0n) is 12.4. The number of aryl methyl sites for hydroxylation is 2. The van der Waals surface area contributed by atoms with Gasteiger partial charge in [-0.3, -0.25) is 0 Å². The normalized spacial score (nSPS) is 12.1. The highest BCUT2D eigenvalue weighted by Crippen LogP contribution is 2.09. The molecular weight excluding hydrogens is 256 g/mol. The Morgan fingerprint density at radius 1 is 1.20 bits per heavy atom. The molecule has 1 aromatic rings. The maximum atomic E-state index is 11.7. The lowest BCUT2D eigenvalue weighted by Crippen LogP contribution is -2.48. The van der Waals surface area contributed by atoms with Crippen LogP contribution >= 0.6 is 0 Å². The summed E-state index contributed by atoms with van der Waals surface area (Å²) in [5.74, 6) is -1.19. The van der Waals surface area contributed by atoms with Crippen molar-refractivity contribution in [3.8, 4) is 0 Å². The van der Waals surface area contributed by atoms with Gasteiger partial charge in [0, 0.05) is 6.54 Å². The summed E-state index contributed by atoms with van der Waals surface area (Å²) < 4.78 is 0. The van der Waals surface area contributed by atoms with E-state index in [1.54, 1.807) is 13.8 Å². The number of aliphatic carboxylic acids is 1. The third-order valence-electron chi connectivity index (χ3n) is 3.24. The van der Waals surface area contributed by atoms with Gasteiger partial charge in [-0.25, -0.2) is 9.59 Å². The lowest BCUT2D eigenvalue weighted by atomic mass is 10.1. The van der Waals surface area contributed by atoms with Gasteiger partial charge in [-0.15, -0.1) is 0 Å². The standard InChI is InChI=1S/C15H22N2O3/c1-9(2)13(14(18)19)17-15(20)16-8-12-6-5-10(3)11(4)7-12/h5-7,9,13H,8H2,1-4H3,(H,18,19)(H2,16,17,20). The molecule has 110 valence electrons. The van der Waals surface area contributed by atoms with Gasteiger partial charge in [-0.05, 0) is 36.5 Å². The molecule has 3 N–H and O–H groups in total. The number of amides is 2. The zero-order valence-corrected chi connectivity index (χ0v) is 12.4. The maximum Gasteiger partial charge on any atom is 0.326 e. The SMILES string of the molecule is Cc1ccc(CNC(=O)NC(C(=O)O)C(C)C)cc1C. The number of nitrogens with one attached hydrogen (secondary N) is 2. The van der Waals surface area contributed by atoms with Gasteiger partial charge in [0.25, 0.3) is 0 Å². The van der Waals surface area contributed by atoms with Gasteiger partial charge in [0.1, 0.15) is 6.04 Å². The molecule has 0 bridgehead atoms. The Morgan fingerprint density at radius 3 is 2.35 bits per heavy atom. The van der Waals surface area contributed by atoms with E-state index in [1.807, 2.05) is 32.0 Å². The van der Waals surface area contributed by atoms with Crippen molar-refractivity contribution in [3.05, 3.63) is 34.9 Å². The van der Waals surface area contributed by atoms with Crippen LogP contribution in [-0.2, 0) is 11.3 Å². The summed E-state index contributed by atoms with van der Waals surface area (Å²) in [6.45, 7) is 7.92. The molecule has 0 fully saturated rings. The monoisotopic (exact) mass is 278 g/mol. The molecule has 0 aliphatic rings. The summed E-state index contributed by atoms with van der Waals surface area (Å²) in [6.07, 6.45) is 0. The predicted octanol–water partition coefficient (Wildman–Crippen LogP) is 2.21. The first-order chi connectivity index (χ1) is 9.31. The van der Waals surface area contributed by atoms with E-state index < -0.39 is 18.0 Å². The van der Waals surface area contributed by atoms with E-state index in [9.17, 15) is 9.59 Å². The van der Waals surface area contributed by atoms with Crippen LogP contribution in [-0.4, -0.2) is 23.1 Å². The molecule has 0 saturated heterocycles. The first-order valence-corrected chi connectivity index (χ1v) is 6.64. The van der Waals surface area contributed by atoms with Gasteiger partial charge in [0.15, 0.2) is 0 Å². The van der Waals surface area contributed by atoms with Gasteiger partial charge >= 0.3 is 12.0 Å². The van der Waals surface area contributed by atoms with Crippen molar-refractivity contribution in [3.63, 3.8) is 0 Å². The number of hydrogen-bond acceptors (Lipinski definition) is 2. The highest BCUT2D eigenvalue weighted by atomic mass is 16.4. The van der Waals surface area contributed by atoms with Crippen LogP contribution in [0.1, 0.15) is 30.5 Å². The summed E-state index contributed by atoms with van der Waals surface area (Å²) in [4.78, 5) is 22.7. The number of carbonyl (C=O) groups excluding carboxylic acids is 1. The second kappa shape index (κ2) is 6.93. The number of benzene rings is 1. The second-order valence-corrected chi connectivity index (χ2v) is 5.31. The van der Waals surface area contributed by atoms with Crippen LogP contribution in [0.3, 0.4) is 0 Å². The lowest BCUT2D eigenvalue weighted by Gasteiger charge is -2.18. The summed E-state index contributed by atoms with van der Waals surface area (Å²) in [6, 6.07) is 4.60. The smallest absolute Gasteiger partial charge is 0.326 e. The average Bonchev–Trinajstić information content (AvgIpc) is 2.36. The molecule has 20 heavy (non-hydrogen) atoms. The number of rotatable bonds is 5. The van der Waals surface area contributed by atoms with Crippen LogP contribution in [0.2, 0.25) is 0 Å². The molecule has 1 unspecified atom stereocenters. The fourth-order valence-corrected chi connectivity index (χ4v) is 1.80. The Morgan fingerprint density at radius 2 is 1.85 bits per heavy atom. The predicted molar refractivity (Wildman–Crippen MR) is 77.5 cm³/mol. The molecule has 1 atom stereocenters. The third-order valence-corrected chi connectivity index (χ3v) is 3.24. The van der Waals surface area contributed by atoms with E-state index >= 15 is 0 Å². The third kappa shape index (κ3) is 4.57. The Bertz CT molecular complexity index is 498. The molecular formula is C15H22N2O3. The van der Waals surface area contributed by atoms with Crippen molar-refractivity contribution < 1.29 is 14.7 Å². The fraction of sp³-hybridized carbons (Fsp3) is 0.467. The number of carbonyl (C=O) groups is 2. The maximum absolute atomic E-state index is 11.7. The molecule has 5 nitrogen and oxygen atoms in total. The molecule has 5 heteroatoms. The molecule has 1 aromatic carbocycles. The molecule has 0 aliphatic carbocycles. The van der Waals surface area contributed by atoms with Crippen molar-refractivity contribution in [1.29, 1.82) is 0 Å². The van der Waals surface area contributed by atoms with E-state index in [0.29, 0.717) is 6.54 Å². The van der Waals surface area contributed by atoms with Crippen molar-refractivity contribution in [2.75, 3.05) is 0 Å². The first kappa shape index (κ1) is 16.0. The zero-order chi connectivity index (χ0) is 15.3. The fourth-order valence-electron chi connectivity index (χ4n) is 1.80. The van der Waals surface area contributed by atoms with Gasteiger partial charge in [0.05, 0.1) is 0 Å². The molecule has 1 rings (SSSR count). The minimum absolute atomic E-state index is 0.167. The number of hydrogen-bond donors (Lipinski definition) is 3. The molecule has 0 heterocycles. The van der Waals surface area contributed by atoms with Gasteiger partial charge in [-0.2, -0.15) is 0 Å². The Kier molecular flexibility index (Phi) is 5.55. The second-order valence-electron chi connectivity index (χ2n) is 5.31. The van der Waals surface area contributed by atoms with Gasteiger partial charge in [0.2, 0.25) is 0 Å². The van der Waals surface area contributed by atoms with Crippen LogP contribution in [0.5, 0.6) is 0 Å². The lowest BCUT2D eigenvalue weighted by molar-refractivity contribution is -0.140. The first-order valence-electron chi connectivity index (χ1n) is 6.64. The summed E-state index contributed by atoms with van der Waals surface area (Å²) in [7, 11) is 0. The van der Waals surface area contributed by atoms with Crippen LogP contribution in [0, 0.1) is 19.8 Å². The van der Waals surface area contributed by atoms with Crippen LogP contribution in [0.4, 0.5) is 4.79 Å². The van der Waals surface area contributed by atoms with E-state index in [0.717, 1.165) is 11.1 Å². The summed E-state index contributed by atoms with van der Waals surface area (Å²) >= 11 is 0. The number of carboxylic acids is 1. The van der Waals surface area contributed by atoms with E-state index in [1.165, 1.54) is 5.56 Å². The van der Waals surface area contributed by atoms with Crippen LogP contribution in [0.15, 0.2) is 18.2 Å². The molecule has 0 aromatic heterocycles. The van der Waals surface area contributed by atoms with E-state index in [-0.39, 0.29) is 5.92 Å². The van der Waals surface area contributed by atoms with Crippen molar-refractivity contribution >= 4 is 12.0 Å². The van der Waals surface area contributed by atoms with Crippen molar-refractivity contribution in [1.82, 2.24) is 10.6 Å². The van der Waals surface area contributed by atoms with E-state index in [4.69, 9.17) is 5.11 Å². The highest BCUT2D eigenvalue weighted by Gasteiger charge is 2.23. The summed E-state index contributed by atoms with van der Waals surface area (Å²) in [5.41, 5.74) is 3.35.